The molecule has 1 heterocycles. The highest BCUT2D eigenvalue weighted by atomic mass is 35.5. The van der Waals surface area contributed by atoms with Crippen molar-refractivity contribution < 1.29 is 4.79 Å². The summed E-state index contributed by atoms with van der Waals surface area (Å²) >= 11 is 7.37. The number of thiophene rings is 1. The lowest BCUT2D eigenvalue weighted by atomic mass is 9.85. The lowest BCUT2D eigenvalue weighted by Crippen LogP contribution is -2.09. The molecule has 0 atom stereocenters. The fraction of sp³-hybridized carbons (Fsp3) is 0.643. The fourth-order valence-electron chi connectivity index (χ4n) is 2.57. The van der Waals surface area contributed by atoms with E-state index in [2.05, 4.69) is 0 Å². The van der Waals surface area contributed by atoms with Gasteiger partial charge in [0.1, 0.15) is 5.78 Å². The number of carbonyl (C=O) groups excluding carboxylic acids is 1. The molecule has 0 spiro atoms. The van der Waals surface area contributed by atoms with Gasteiger partial charge in [0.2, 0.25) is 0 Å². The lowest BCUT2D eigenvalue weighted by Gasteiger charge is -2.20. The summed E-state index contributed by atoms with van der Waals surface area (Å²) in [6.07, 6.45) is 9.19. The van der Waals surface area contributed by atoms with Crippen molar-refractivity contribution in [3.8, 4) is 0 Å². The molecule has 3 heteroatoms. The maximum Gasteiger partial charge on any atom is 0.138 e. The molecule has 0 aromatic carbocycles. The maximum atomic E-state index is 11.8. The zero-order chi connectivity index (χ0) is 12.1. The van der Waals surface area contributed by atoms with Crippen LogP contribution in [0.25, 0.3) is 0 Å². The van der Waals surface area contributed by atoms with E-state index >= 15 is 0 Å². The summed E-state index contributed by atoms with van der Waals surface area (Å²) in [4.78, 5) is 12.9. The van der Waals surface area contributed by atoms with Crippen LogP contribution >= 0.6 is 22.9 Å². The third kappa shape index (κ3) is 4.44. The first-order chi connectivity index (χ1) is 8.24. The van der Waals surface area contributed by atoms with Crippen molar-refractivity contribution in [1.82, 2.24) is 0 Å². The van der Waals surface area contributed by atoms with Gasteiger partial charge in [0.25, 0.3) is 0 Å². The van der Waals surface area contributed by atoms with Crippen LogP contribution in [0.4, 0.5) is 0 Å². The number of carbonyl (C=O) groups is 1. The van der Waals surface area contributed by atoms with E-state index in [4.69, 9.17) is 11.6 Å². The average Bonchev–Trinajstić information content (AvgIpc) is 2.73. The van der Waals surface area contributed by atoms with Crippen LogP contribution in [0, 0.1) is 5.92 Å². The van der Waals surface area contributed by atoms with Crippen molar-refractivity contribution in [2.24, 2.45) is 5.92 Å². The molecule has 0 aliphatic heterocycles. The van der Waals surface area contributed by atoms with Crippen LogP contribution in [0.15, 0.2) is 12.1 Å². The van der Waals surface area contributed by atoms with Gasteiger partial charge in [-0.05, 0) is 24.5 Å². The molecule has 0 unspecified atom stereocenters. The number of hydrogen-bond acceptors (Lipinski definition) is 2. The molecule has 1 aliphatic rings. The third-order valence-corrected chi connectivity index (χ3v) is 4.79. The molecule has 2 rings (SSSR count). The number of halogens is 1. The van der Waals surface area contributed by atoms with Gasteiger partial charge in [-0.1, -0.05) is 43.7 Å². The van der Waals surface area contributed by atoms with Crippen molar-refractivity contribution in [1.29, 1.82) is 0 Å². The highest BCUT2D eigenvalue weighted by molar-refractivity contribution is 7.16. The molecule has 0 saturated heterocycles. The Morgan fingerprint density at radius 3 is 2.71 bits per heavy atom. The molecular weight excluding hydrogens is 252 g/mol. The van der Waals surface area contributed by atoms with E-state index in [1.165, 1.54) is 43.4 Å². The highest BCUT2D eigenvalue weighted by Gasteiger charge is 2.15. The van der Waals surface area contributed by atoms with Gasteiger partial charge >= 0.3 is 0 Å². The van der Waals surface area contributed by atoms with Crippen LogP contribution in [-0.2, 0) is 11.2 Å². The smallest absolute Gasteiger partial charge is 0.138 e. The standard InChI is InChI=1S/C14H19ClOS/c15-14-9-8-13(17-14)10-12(16)7-6-11-4-2-1-3-5-11/h8-9,11H,1-7,10H2. The number of Topliss-reactive ketones (excluding diaryl/α,β-unsaturated/α-hetero) is 1. The predicted molar refractivity (Wildman–Crippen MR) is 73.8 cm³/mol. The van der Waals surface area contributed by atoms with Gasteiger partial charge < -0.3 is 0 Å². The number of ketones is 1. The highest BCUT2D eigenvalue weighted by Crippen LogP contribution is 2.28. The molecule has 1 saturated carbocycles. The van der Waals surface area contributed by atoms with Crippen LogP contribution < -0.4 is 0 Å². The third-order valence-electron chi connectivity index (χ3n) is 3.56. The molecule has 1 nitrogen and oxygen atoms in total. The van der Waals surface area contributed by atoms with Gasteiger partial charge in [-0.25, -0.2) is 0 Å². The van der Waals surface area contributed by atoms with E-state index in [1.54, 1.807) is 0 Å². The van der Waals surface area contributed by atoms with Crippen LogP contribution in [-0.4, -0.2) is 5.78 Å². The van der Waals surface area contributed by atoms with E-state index in [1.807, 2.05) is 12.1 Å². The normalized spacial score (nSPS) is 17.2. The Balaban J connectivity index is 1.70. The number of hydrogen-bond donors (Lipinski definition) is 0. The van der Waals surface area contributed by atoms with E-state index in [0.29, 0.717) is 12.2 Å². The fourth-order valence-corrected chi connectivity index (χ4v) is 3.69. The predicted octanol–water partition coefficient (Wildman–Crippen LogP) is 4.87. The summed E-state index contributed by atoms with van der Waals surface area (Å²) in [5, 5.41) is 0. The van der Waals surface area contributed by atoms with Crippen molar-refractivity contribution in [2.75, 3.05) is 0 Å². The van der Waals surface area contributed by atoms with Crippen molar-refractivity contribution in [3.05, 3.63) is 21.3 Å². The molecule has 0 amide bonds. The zero-order valence-electron chi connectivity index (χ0n) is 10.1. The summed E-state index contributed by atoms with van der Waals surface area (Å²) in [5.41, 5.74) is 0. The van der Waals surface area contributed by atoms with Gasteiger partial charge in [0, 0.05) is 17.7 Å². The maximum absolute atomic E-state index is 11.8. The van der Waals surface area contributed by atoms with Crippen molar-refractivity contribution >= 4 is 28.7 Å². The van der Waals surface area contributed by atoms with Crippen LogP contribution in [0.5, 0.6) is 0 Å². The number of rotatable bonds is 5. The second kappa shape index (κ2) is 6.55. The van der Waals surface area contributed by atoms with E-state index < -0.39 is 0 Å². The van der Waals surface area contributed by atoms with E-state index in [-0.39, 0.29) is 0 Å². The molecule has 1 aliphatic carbocycles. The van der Waals surface area contributed by atoms with Crippen molar-refractivity contribution in [3.63, 3.8) is 0 Å². The Kier molecular flexibility index (Phi) is 5.05. The van der Waals surface area contributed by atoms with Crippen LogP contribution in [0.3, 0.4) is 0 Å². The molecule has 1 aromatic rings. The molecular formula is C14H19ClOS. The SMILES string of the molecule is O=C(CCC1CCCCC1)Cc1ccc(Cl)s1. The van der Waals surface area contributed by atoms with Gasteiger partial charge in [-0.15, -0.1) is 11.3 Å². The first-order valence-corrected chi connectivity index (χ1v) is 7.69. The van der Waals surface area contributed by atoms with Gasteiger partial charge in [0.05, 0.1) is 4.34 Å². The minimum atomic E-state index is 0.370. The molecule has 1 aromatic heterocycles. The lowest BCUT2D eigenvalue weighted by molar-refractivity contribution is -0.118. The van der Waals surface area contributed by atoms with Crippen molar-refractivity contribution in [2.45, 2.75) is 51.4 Å². The summed E-state index contributed by atoms with van der Waals surface area (Å²) in [7, 11) is 0. The van der Waals surface area contributed by atoms with Gasteiger partial charge in [0.15, 0.2) is 0 Å². The minimum Gasteiger partial charge on any atom is -0.299 e. The second-order valence-electron chi connectivity index (χ2n) is 4.96. The van der Waals surface area contributed by atoms with Gasteiger partial charge in [-0.2, -0.15) is 0 Å². The Bertz CT molecular complexity index is 366. The van der Waals surface area contributed by atoms with Crippen LogP contribution in [0.2, 0.25) is 4.34 Å². The largest absolute Gasteiger partial charge is 0.299 e. The topological polar surface area (TPSA) is 17.1 Å². The quantitative estimate of drug-likeness (QED) is 0.746. The summed E-state index contributed by atoms with van der Waals surface area (Å²) < 4.78 is 0.778. The summed E-state index contributed by atoms with van der Waals surface area (Å²) in [6.45, 7) is 0. The molecule has 0 radical (unpaired) electrons. The monoisotopic (exact) mass is 270 g/mol. The zero-order valence-corrected chi connectivity index (χ0v) is 11.7. The van der Waals surface area contributed by atoms with Crippen LogP contribution in [0.1, 0.15) is 49.8 Å². The Labute approximate surface area is 112 Å². The molecule has 94 valence electrons. The summed E-state index contributed by atoms with van der Waals surface area (Å²) in [6, 6.07) is 3.83. The molecule has 0 bridgehead atoms. The molecule has 0 N–H and O–H groups in total. The Hall–Kier alpha value is -0.340. The average molecular weight is 271 g/mol. The second-order valence-corrected chi connectivity index (χ2v) is 6.76. The van der Waals surface area contributed by atoms with E-state index in [0.717, 1.165) is 28.0 Å². The minimum absolute atomic E-state index is 0.370. The summed E-state index contributed by atoms with van der Waals surface area (Å²) in [5.74, 6) is 1.17. The Morgan fingerprint density at radius 2 is 2.06 bits per heavy atom. The first-order valence-electron chi connectivity index (χ1n) is 6.50. The first kappa shape index (κ1) is 13.1. The molecule has 1 fully saturated rings. The van der Waals surface area contributed by atoms with Gasteiger partial charge in [-0.3, -0.25) is 4.79 Å². The molecule has 17 heavy (non-hydrogen) atoms. The van der Waals surface area contributed by atoms with E-state index in [9.17, 15) is 4.79 Å². The Morgan fingerprint density at radius 1 is 1.29 bits per heavy atom.